The van der Waals surface area contributed by atoms with Gasteiger partial charge in [-0.25, -0.2) is 0 Å². The second kappa shape index (κ2) is 6.70. The molecule has 0 unspecified atom stereocenters. The standard InChI is InChI=1S/C22H30N2/c1-21(2)17-24(16-20-13-9-6-10-14-20)22(3,4)18-23(21)15-19-11-7-5-8-12-19/h5-14H,15-18H2,1-4H3. The highest BCUT2D eigenvalue weighted by Gasteiger charge is 2.42. The van der Waals surface area contributed by atoms with E-state index >= 15 is 0 Å². The van der Waals surface area contributed by atoms with Crippen molar-refractivity contribution in [1.82, 2.24) is 9.80 Å². The monoisotopic (exact) mass is 322 g/mol. The lowest BCUT2D eigenvalue weighted by Crippen LogP contribution is -2.66. The van der Waals surface area contributed by atoms with Gasteiger partial charge in [0.15, 0.2) is 0 Å². The second-order valence-electron chi connectivity index (χ2n) is 8.31. The van der Waals surface area contributed by atoms with Gasteiger partial charge in [-0.05, 0) is 38.8 Å². The van der Waals surface area contributed by atoms with Crippen LogP contribution in [0.25, 0.3) is 0 Å². The van der Waals surface area contributed by atoms with E-state index in [1.54, 1.807) is 0 Å². The Morgan fingerprint density at radius 1 is 0.625 bits per heavy atom. The third kappa shape index (κ3) is 3.88. The van der Waals surface area contributed by atoms with Crippen LogP contribution in [0.2, 0.25) is 0 Å². The number of rotatable bonds is 4. The molecule has 3 rings (SSSR count). The number of benzene rings is 2. The number of hydrogen-bond donors (Lipinski definition) is 0. The normalized spacial score (nSPS) is 20.8. The van der Waals surface area contributed by atoms with Gasteiger partial charge in [-0.15, -0.1) is 0 Å². The number of hydrogen-bond acceptors (Lipinski definition) is 2. The summed E-state index contributed by atoms with van der Waals surface area (Å²) in [4.78, 5) is 5.29. The van der Waals surface area contributed by atoms with Crippen molar-refractivity contribution in [2.75, 3.05) is 13.1 Å². The average molecular weight is 322 g/mol. The topological polar surface area (TPSA) is 6.48 Å². The highest BCUT2D eigenvalue weighted by Crippen LogP contribution is 2.33. The van der Waals surface area contributed by atoms with Gasteiger partial charge in [-0.2, -0.15) is 0 Å². The fourth-order valence-electron chi connectivity index (χ4n) is 3.71. The van der Waals surface area contributed by atoms with Crippen LogP contribution in [0, 0.1) is 0 Å². The van der Waals surface area contributed by atoms with Crippen LogP contribution in [0.4, 0.5) is 0 Å². The lowest BCUT2D eigenvalue weighted by Gasteiger charge is -2.55. The average Bonchev–Trinajstić information content (AvgIpc) is 2.54. The molecule has 2 aromatic carbocycles. The first kappa shape index (κ1) is 17.2. The van der Waals surface area contributed by atoms with Gasteiger partial charge >= 0.3 is 0 Å². The lowest BCUT2D eigenvalue weighted by atomic mass is 9.88. The Labute approximate surface area is 147 Å². The Bertz CT molecular complexity index is 587. The lowest BCUT2D eigenvalue weighted by molar-refractivity contribution is -0.0645. The van der Waals surface area contributed by atoms with Gasteiger partial charge in [-0.1, -0.05) is 60.7 Å². The van der Waals surface area contributed by atoms with Gasteiger partial charge in [0.05, 0.1) is 0 Å². The quantitative estimate of drug-likeness (QED) is 0.814. The highest BCUT2D eigenvalue weighted by atomic mass is 15.3. The van der Waals surface area contributed by atoms with Crippen LogP contribution >= 0.6 is 0 Å². The summed E-state index contributed by atoms with van der Waals surface area (Å²) < 4.78 is 0. The first-order chi connectivity index (χ1) is 11.4. The van der Waals surface area contributed by atoms with E-state index in [9.17, 15) is 0 Å². The van der Waals surface area contributed by atoms with Crippen LogP contribution in [-0.2, 0) is 13.1 Å². The molecule has 24 heavy (non-hydrogen) atoms. The molecule has 0 aromatic heterocycles. The third-order valence-electron chi connectivity index (χ3n) is 5.30. The van der Waals surface area contributed by atoms with Crippen molar-refractivity contribution in [3.63, 3.8) is 0 Å². The molecule has 0 saturated carbocycles. The molecule has 0 atom stereocenters. The zero-order valence-electron chi connectivity index (χ0n) is 15.5. The summed E-state index contributed by atoms with van der Waals surface area (Å²) >= 11 is 0. The van der Waals surface area contributed by atoms with E-state index in [1.807, 2.05) is 0 Å². The molecule has 0 radical (unpaired) electrons. The van der Waals surface area contributed by atoms with Crippen LogP contribution in [0.1, 0.15) is 38.8 Å². The summed E-state index contributed by atoms with van der Waals surface area (Å²) in [6, 6.07) is 21.7. The Hall–Kier alpha value is -1.64. The molecular weight excluding hydrogens is 292 g/mol. The van der Waals surface area contributed by atoms with E-state index in [2.05, 4.69) is 98.2 Å². The predicted octanol–water partition coefficient (Wildman–Crippen LogP) is 4.56. The van der Waals surface area contributed by atoms with Crippen LogP contribution in [0.5, 0.6) is 0 Å². The van der Waals surface area contributed by atoms with Crippen molar-refractivity contribution >= 4 is 0 Å². The molecule has 1 aliphatic rings. The smallest absolute Gasteiger partial charge is 0.0284 e. The summed E-state index contributed by atoms with van der Waals surface area (Å²) in [7, 11) is 0. The van der Waals surface area contributed by atoms with Gasteiger partial charge < -0.3 is 0 Å². The third-order valence-corrected chi connectivity index (χ3v) is 5.30. The van der Waals surface area contributed by atoms with Crippen LogP contribution < -0.4 is 0 Å². The molecular formula is C22H30N2. The molecule has 2 heteroatoms. The minimum absolute atomic E-state index is 0.167. The first-order valence-corrected chi connectivity index (χ1v) is 8.95. The first-order valence-electron chi connectivity index (χ1n) is 8.95. The Morgan fingerprint density at radius 2 is 0.958 bits per heavy atom. The maximum absolute atomic E-state index is 2.64. The molecule has 0 N–H and O–H groups in total. The SMILES string of the molecule is CC1(C)CN(Cc2ccccc2)C(C)(C)CN1Cc1ccccc1. The molecule has 2 aromatic rings. The van der Waals surface area contributed by atoms with E-state index in [0.717, 1.165) is 26.2 Å². The fraction of sp³-hybridized carbons (Fsp3) is 0.455. The maximum atomic E-state index is 2.64. The van der Waals surface area contributed by atoms with Crippen molar-refractivity contribution in [2.45, 2.75) is 51.9 Å². The molecule has 0 amide bonds. The van der Waals surface area contributed by atoms with Crippen molar-refractivity contribution < 1.29 is 0 Å². The van der Waals surface area contributed by atoms with Crippen molar-refractivity contribution in [1.29, 1.82) is 0 Å². The zero-order chi connectivity index (χ0) is 17.2. The Morgan fingerprint density at radius 3 is 1.29 bits per heavy atom. The van der Waals surface area contributed by atoms with E-state index in [4.69, 9.17) is 0 Å². The van der Waals surface area contributed by atoms with Gasteiger partial charge in [0.25, 0.3) is 0 Å². The molecule has 0 aliphatic carbocycles. The van der Waals surface area contributed by atoms with Gasteiger partial charge in [-0.3, -0.25) is 9.80 Å². The molecule has 0 bridgehead atoms. The van der Waals surface area contributed by atoms with Gasteiger partial charge in [0, 0.05) is 37.3 Å². The molecule has 1 saturated heterocycles. The molecule has 1 fully saturated rings. The number of nitrogens with zero attached hydrogens (tertiary/aromatic N) is 2. The van der Waals surface area contributed by atoms with E-state index in [0.29, 0.717) is 0 Å². The minimum Gasteiger partial charge on any atom is -0.291 e. The summed E-state index contributed by atoms with van der Waals surface area (Å²) in [5.41, 5.74) is 3.14. The number of piperazine rings is 1. The highest BCUT2D eigenvalue weighted by molar-refractivity contribution is 5.18. The van der Waals surface area contributed by atoms with E-state index in [-0.39, 0.29) is 11.1 Å². The fourth-order valence-corrected chi connectivity index (χ4v) is 3.71. The maximum Gasteiger partial charge on any atom is 0.0284 e. The summed E-state index contributed by atoms with van der Waals surface area (Å²) in [5, 5.41) is 0. The zero-order valence-corrected chi connectivity index (χ0v) is 15.5. The van der Waals surface area contributed by atoms with E-state index < -0.39 is 0 Å². The largest absolute Gasteiger partial charge is 0.291 e. The molecule has 1 aliphatic heterocycles. The molecule has 128 valence electrons. The van der Waals surface area contributed by atoms with Crippen molar-refractivity contribution in [3.8, 4) is 0 Å². The Balaban J connectivity index is 1.76. The molecule has 2 nitrogen and oxygen atoms in total. The van der Waals surface area contributed by atoms with E-state index in [1.165, 1.54) is 11.1 Å². The van der Waals surface area contributed by atoms with Crippen LogP contribution in [0.15, 0.2) is 60.7 Å². The summed E-state index contributed by atoms with van der Waals surface area (Å²) in [5.74, 6) is 0. The molecule has 0 spiro atoms. The Kier molecular flexibility index (Phi) is 4.80. The van der Waals surface area contributed by atoms with Gasteiger partial charge in [0.1, 0.15) is 0 Å². The van der Waals surface area contributed by atoms with Crippen molar-refractivity contribution in [2.24, 2.45) is 0 Å². The predicted molar refractivity (Wildman–Crippen MR) is 102 cm³/mol. The van der Waals surface area contributed by atoms with Crippen molar-refractivity contribution in [3.05, 3.63) is 71.8 Å². The van der Waals surface area contributed by atoms with Gasteiger partial charge in [0.2, 0.25) is 0 Å². The summed E-state index contributed by atoms with van der Waals surface area (Å²) in [6.45, 7) is 13.7. The second-order valence-corrected chi connectivity index (χ2v) is 8.31. The van der Waals surface area contributed by atoms with Crippen LogP contribution in [-0.4, -0.2) is 34.0 Å². The summed E-state index contributed by atoms with van der Waals surface area (Å²) in [6.07, 6.45) is 0. The molecule has 1 heterocycles. The minimum atomic E-state index is 0.167. The van der Waals surface area contributed by atoms with Crippen LogP contribution in [0.3, 0.4) is 0 Å².